The fourth-order valence-corrected chi connectivity index (χ4v) is 3.38. The first-order chi connectivity index (χ1) is 14.3. The van der Waals surface area contributed by atoms with Crippen LogP contribution in [-0.4, -0.2) is 38.7 Å². The Morgan fingerprint density at radius 2 is 2.00 bits per heavy atom. The van der Waals surface area contributed by atoms with Gasteiger partial charge in [0.1, 0.15) is 17.5 Å². The number of aryl methyl sites for hydroxylation is 1. The first-order valence-electron chi connectivity index (χ1n) is 9.78. The number of anilines is 3. The van der Waals surface area contributed by atoms with Crippen LogP contribution in [0.2, 0.25) is 0 Å². The van der Waals surface area contributed by atoms with E-state index in [1.807, 2.05) is 43.6 Å². The van der Waals surface area contributed by atoms with Crippen molar-refractivity contribution in [2.75, 3.05) is 22.6 Å². The second-order valence-electron chi connectivity index (χ2n) is 7.52. The number of carbonyl (C=O) groups excluding carboxylic acids is 1. The van der Waals surface area contributed by atoms with E-state index >= 15 is 0 Å². The van der Waals surface area contributed by atoms with Crippen LogP contribution in [0.4, 0.5) is 21.8 Å². The first-order valence-corrected chi connectivity index (χ1v) is 9.78. The topological polar surface area (TPSA) is 88.0 Å². The second-order valence-corrected chi connectivity index (χ2v) is 7.52. The summed E-state index contributed by atoms with van der Waals surface area (Å²) in [6, 6.07) is 6.12. The van der Waals surface area contributed by atoms with Crippen molar-refractivity contribution in [3.8, 4) is 0 Å². The molecular formula is C21H24FN7O. The van der Waals surface area contributed by atoms with Gasteiger partial charge in [-0.3, -0.25) is 9.48 Å². The van der Waals surface area contributed by atoms with Gasteiger partial charge in [0.25, 0.3) is 0 Å². The quantitative estimate of drug-likeness (QED) is 0.673. The summed E-state index contributed by atoms with van der Waals surface area (Å²) in [7, 11) is 1.85. The molecule has 2 atom stereocenters. The molecule has 0 saturated heterocycles. The molecule has 0 fully saturated rings. The van der Waals surface area contributed by atoms with E-state index in [-0.39, 0.29) is 23.8 Å². The highest BCUT2D eigenvalue weighted by molar-refractivity contribution is 6.03. The monoisotopic (exact) mass is 409 g/mol. The Kier molecular flexibility index (Phi) is 5.11. The van der Waals surface area contributed by atoms with Crippen molar-refractivity contribution in [1.82, 2.24) is 19.7 Å². The molecule has 0 aliphatic carbocycles. The van der Waals surface area contributed by atoms with Gasteiger partial charge >= 0.3 is 0 Å². The molecule has 156 valence electrons. The van der Waals surface area contributed by atoms with Gasteiger partial charge in [0, 0.05) is 25.4 Å². The molecule has 0 radical (unpaired) electrons. The number of carbonyl (C=O) groups is 1. The second kappa shape index (κ2) is 7.74. The fourth-order valence-electron chi connectivity index (χ4n) is 3.38. The number of benzene rings is 1. The molecule has 1 aliphatic heterocycles. The maximum atomic E-state index is 13.2. The van der Waals surface area contributed by atoms with Gasteiger partial charge in [-0.1, -0.05) is 12.1 Å². The van der Waals surface area contributed by atoms with Crippen molar-refractivity contribution in [3.63, 3.8) is 0 Å². The molecule has 1 aliphatic rings. The molecular weight excluding hydrogens is 385 g/mol. The summed E-state index contributed by atoms with van der Waals surface area (Å²) in [5.74, 6) is 0.856. The molecule has 3 aromatic rings. The van der Waals surface area contributed by atoms with Crippen LogP contribution in [0.5, 0.6) is 0 Å². The SMILES string of the molecule is Cc1nc(NCc2cnn([C@H](C)c3ccc(F)cc3)c2)nc2c1NC(=O)[C@H](C)N2C. The van der Waals surface area contributed by atoms with Gasteiger partial charge in [0.05, 0.1) is 17.9 Å². The average molecular weight is 409 g/mol. The minimum absolute atomic E-state index is 0.0136. The molecule has 9 heteroatoms. The largest absolute Gasteiger partial charge is 0.350 e. The van der Waals surface area contributed by atoms with Crippen LogP contribution in [0.3, 0.4) is 0 Å². The summed E-state index contributed by atoms with van der Waals surface area (Å²) in [4.78, 5) is 22.9. The third-order valence-corrected chi connectivity index (χ3v) is 5.47. The van der Waals surface area contributed by atoms with Crippen molar-refractivity contribution in [1.29, 1.82) is 0 Å². The zero-order valence-electron chi connectivity index (χ0n) is 17.3. The van der Waals surface area contributed by atoms with Gasteiger partial charge < -0.3 is 15.5 Å². The Morgan fingerprint density at radius 1 is 1.27 bits per heavy atom. The zero-order valence-corrected chi connectivity index (χ0v) is 17.3. The molecule has 0 bridgehead atoms. The van der Waals surface area contributed by atoms with Gasteiger partial charge in [-0.2, -0.15) is 10.1 Å². The minimum Gasteiger partial charge on any atom is -0.350 e. The molecule has 2 aromatic heterocycles. The molecule has 1 amide bonds. The number of amides is 1. The number of hydrogen-bond donors (Lipinski definition) is 2. The maximum absolute atomic E-state index is 13.2. The summed E-state index contributed by atoms with van der Waals surface area (Å²) in [5, 5.41) is 10.5. The lowest BCUT2D eigenvalue weighted by Crippen LogP contribution is -2.44. The Balaban J connectivity index is 1.48. The number of halogens is 1. The van der Waals surface area contributed by atoms with Gasteiger partial charge in [-0.15, -0.1) is 0 Å². The van der Waals surface area contributed by atoms with E-state index in [0.717, 1.165) is 11.1 Å². The van der Waals surface area contributed by atoms with Crippen LogP contribution in [0.1, 0.15) is 36.7 Å². The van der Waals surface area contributed by atoms with E-state index in [2.05, 4.69) is 25.7 Å². The number of aromatic nitrogens is 4. The molecule has 0 unspecified atom stereocenters. The van der Waals surface area contributed by atoms with Crippen LogP contribution in [0, 0.1) is 12.7 Å². The van der Waals surface area contributed by atoms with Gasteiger partial charge in [-0.25, -0.2) is 9.37 Å². The van der Waals surface area contributed by atoms with Crippen LogP contribution < -0.4 is 15.5 Å². The van der Waals surface area contributed by atoms with Crippen LogP contribution in [-0.2, 0) is 11.3 Å². The number of hydrogen-bond acceptors (Lipinski definition) is 6. The summed E-state index contributed by atoms with van der Waals surface area (Å²) >= 11 is 0. The molecule has 3 heterocycles. The Labute approximate surface area is 174 Å². The highest BCUT2D eigenvalue weighted by Crippen LogP contribution is 2.32. The fraction of sp³-hybridized carbons (Fsp3) is 0.333. The average Bonchev–Trinajstić information content (AvgIpc) is 3.21. The lowest BCUT2D eigenvalue weighted by Gasteiger charge is -2.32. The summed E-state index contributed by atoms with van der Waals surface area (Å²) in [5.41, 5.74) is 3.30. The minimum atomic E-state index is -0.300. The van der Waals surface area contributed by atoms with Gasteiger partial charge in [-0.05, 0) is 38.5 Å². The smallest absolute Gasteiger partial charge is 0.246 e. The van der Waals surface area contributed by atoms with E-state index in [0.29, 0.717) is 29.7 Å². The highest BCUT2D eigenvalue weighted by atomic mass is 19.1. The predicted octanol–water partition coefficient (Wildman–Crippen LogP) is 3.12. The highest BCUT2D eigenvalue weighted by Gasteiger charge is 2.30. The predicted molar refractivity (Wildman–Crippen MR) is 113 cm³/mol. The summed E-state index contributed by atoms with van der Waals surface area (Å²) in [6.07, 6.45) is 3.73. The van der Waals surface area contributed by atoms with Crippen LogP contribution in [0.25, 0.3) is 0 Å². The van der Waals surface area contributed by atoms with Crippen molar-refractivity contribution < 1.29 is 9.18 Å². The number of fused-ring (bicyclic) bond motifs is 1. The zero-order chi connectivity index (χ0) is 21.4. The third kappa shape index (κ3) is 3.70. The molecule has 2 N–H and O–H groups in total. The molecule has 4 rings (SSSR count). The van der Waals surface area contributed by atoms with Gasteiger partial charge in [0.15, 0.2) is 5.82 Å². The van der Waals surface area contributed by atoms with Crippen LogP contribution in [0.15, 0.2) is 36.7 Å². The van der Waals surface area contributed by atoms with E-state index in [1.54, 1.807) is 18.3 Å². The lowest BCUT2D eigenvalue weighted by atomic mass is 10.1. The third-order valence-electron chi connectivity index (χ3n) is 5.47. The van der Waals surface area contributed by atoms with E-state index < -0.39 is 0 Å². The van der Waals surface area contributed by atoms with Crippen molar-refractivity contribution in [3.05, 3.63) is 59.3 Å². The summed E-state index contributed by atoms with van der Waals surface area (Å²) < 4.78 is 15.0. The Bertz CT molecular complexity index is 1080. The van der Waals surface area contributed by atoms with E-state index in [1.165, 1.54) is 12.1 Å². The normalized spacial score (nSPS) is 16.8. The van der Waals surface area contributed by atoms with Crippen molar-refractivity contribution in [2.24, 2.45) is 0 Å². The van der Waals surface area contributed by atoms with Gasteiger partial charge in [0.2, 0.25) is 11.9 Å². The number of likely N-dealkylation sites (N-methyl/N-ethyl adjacent to an activating group) is 1. The number of nitrogens with zero attached hydrogens (tertiary/aromatic N) is 5. The molecule has 1 aromatic carbocycles. The van der Waals surface area contributed by atoms with Crippen molar-refractivity contribution >= 4 is 23.4 Å². The number of rotatable bonds is 5. The standard InChI is InChI=1S/C21H24FN7O/c1-12-18-19(28(4)14(3)20(30)26-18)27-21(25-12)23-9-15-10-24-29(11-15)13(2)16-5-7-17(22)8-6-16/h5-8,10-11,13-14H,9H2,1-4H3,(H,26,30)(H,23,25,27)/t13-,14+/m1/s1. The van der Waals surface area contributed by atoms with Crippen molar-refractivity contribution in [2.45, 2.75) is 39.4 Å². The molecule has 0 spiro atoms. The molecule has 0 saturated carbocycles. The molecule has 8 nitrogen and oxygen atoms in total. The first kappa shape index (κ1) is 19.8. The summed E-state index contributed by atoms with van der Waals surface area (Å²) in [6.45, 7) is 6.19. The Morgan fingerprint density at radius 3 is 2.73 bits per heavy atom. The Hall–Kier alpha value is -3.49. The maximum Gasteiger partial charge on any atom is 0.246 e. The van der Waals surface area contributed by atoms with Crippen LogP contribution >= 0.6 is 0 Å². The number of nitrogens with one attached hydrogen (secondary N) is 2. The molecule has 30 heavy (non-hydrogen) atoms. The van der Waals surface area contributed by atoms with E-state index in [9.17, 15) is 9.18 Å². The lowest BCUT2D eigenvalue weighted by molar-refractivity contribution is -0.117. The van der Waals surface area contributed by atoms with E-state index in [4.69, 9.17) is 0 Å².